The number of carboxylic acid groups (broad SMARTS) is 1. The molecule has 0 saturated carbocycles. The van der Waals surface area contributed by atoms with E-state index in [-0.39, 0.29) is 16.7 Å². The van der Waals surface area contributed by atoms with Crippen molar-refractivity contribution >= 4 is 23.6 Å². The monoisotopic (exact) mass is 502 g/mol. The van der Waals surface area contributed by atoms with Gasteiger partial charge in [-0.15, -0.1) is 0 Å². The molecule has 0 atom stereocenters. The average Bonchev–Trinajstić information content (AvgIpc) is 2.79. The highest BCUT2D eigenvalue weighted by Gasteiger charge is 2.54. The molecule has 2 aliphatic rings. The standard InChI is InChI=1S/C26H35ClN4O4/c1-5-18-13-28-24(29-14-18)30-10-8-20(9-11-30)35-23-7-6-19(12-22(23)27)17-34-21-15-31(16-21,25(32)33)26(2,3)4/h6-7,12-14,20-21H,5,8-11,15-17H2,1-4H3. The molecule has 0 radical (unpaired) electrons. The summed E-state index contributed by atoms with van der Waals surface area (Å²) in [7, 11) is 0. The number of aromatic nitrogens is 2. The summed E-state index contributed by atoms with van der Waals surface area (Å²) in [6.07, 6.45) is 5.38. The molecule has 2 fully saturated rings. The summed E-state index contributed by atoms with van der Waals surface area (Å²) in [5, 5.41) is 12.2. The molecule has 8 nitrogen and oxygen atoms in total. The minimum atomic E-state index is -1.05. The number of rotatable bonds is 7. The van der Waals surface area contributed by atoms with Crippen LogP contribution in [0, 0.1) is 0 Å². The summed E-state index contributed by atoms with van der Waals surface area (Å²) in [4.78, 5) is 22.8. The predicted octanol–water partition coefficient (Wildman–Crippen LogP) is 3.60. The van der Waals surface area contributed by atoms with Gasteiger partial charge in [-0.05, 0) is 50.5 Å². The molecule has 1 aromatic heterocycles. The van der Waals surface area contributed by atoms with Crippen LogP contribution in [0.3, 0.4) is 0 Å². The van der Waals surface area contributed by atoms with E-state index in [4.69, 9.17) is 21.1 Å². The van der Waals surface area contributed by atoms with Crippen molar-refractivity contribution in [1.82, 2.24) is 9.97 Å². The van der Waals surface area contributed by atoms with Crippen LogP contribution in [0.4, 0.5) is 10.7 Å². The molecule has 0 bridgehead atoms. The summed E-state index contributed by atoms with van der Waals surface area (Å²) in [5.74, 6) is 1.44. The van der Waals surface area contributed by atoms with Gasteiger partial charge in [-0.1, -0.05) is 24.6 Å². The Bertz CT molecular complexity index is 1030. The average molecular weight is 503 g/mol. The summed E-state index contributed by atoms with van der Waals surface area (Å²) >= 11 is 6.51. The zero-order valence-electron chi connectivity index (χ0n) is 21.0. The highest BCUT2D eigenvalue weighted by atomic mass is 35.5. The smallest absolute Gasteiger partial charge is 0.257 e. The number of halogens is 1. The largest absolute Gasteiger partial charge is 0.498 e. The number of likely N-dealkylation sites (tertiary alicyclic amines) is 1. The molecule has 1 aromatic carbocycles. The fraction of sp³-hybridized carbons (Fsp3) is 0.577. The molecule has 3 heterocycles. The summed E-state index contributed by atoms with van der Waals surface area (Å²) in [5.41, 5.74) is 1.64. The van der Waals surface area contributed by atoms with Crippen LogP contribution in [0.5, 0.6) is 5.75 Å². The summed E-state index contributed by atoms with van der Waals surface area (Å²) in [6, 6.07) is 5.69. The minimum absolute atomic E-state index is 0.0831. The Morgan fingerprint density at radius 2 is 1.80 bits per heavy atom. The second-order valence-corrected chi connectivity index (χ2v) is 10.9. The molecule has 190 valence electrons. The van der Waals surface area contributed by atoms with Gasteiger partial charge in [0.25, 0.3) is 6.09 Å². The van der Waals surface area contributed by atoms with Gasteiger partial charge in [0.1, 0.15) is 24.9 Å². The van der Waals surface area contributed by atoms with E-state index in [2.05, 4.69) is 21.8 Å². The van der Waals surface area contributed by atoms with E-state index in [1.54, 1.807) is 0 Å². The van der Waals surface area contributed by atoms with Gasteiger partial charge in [0.2, 0.25) is 5.95 Å². The van der Waals surface area contributed by atoms with Crippen molar-refractivity contribution in [3.63, 3.8) is 0 Å². The molecule has 9 heteroatoms. The first kappa shape index (κ1) is 25.7. The van der Waals surface area contributed by atoms with E-state index in [9.17, 15) is 9.90 Å². The molecule has 2 aliphatic heterocycles. The Morgan fingerprint density at radius 1 is 1.14 bits per heavy atom. The van der Waals surface area contributed by atoms with Gasteiger partial charge in [-0.2, -0.15) is 0 Å². The number of ether oxygens (including phenoxy) is 2. The molecule has 0 spiro atoms. The van der Waals surface area contributed by atoms with Crippen molar-refractivity contribution in [1.29, 1.82) is 0 Å². The van der Waals surface area contributed by atoms with E-state index < -0.39 is 11.6 Å². The van der Waals surface area contributed by atoms with Crippen LogP contribution in [0.1, 0.15) is 51.7 Å². The number of carbonyl (C=O) groups is 1. The Labute approximate surface area is 212 Å². The molecule has 2 aromatic rings. The van der Waals surface area contributed by atoms with E-state index in [1.807, 2.05) is 51.4 Å². The lowest BCUT2D eigenvalue weighted by Gasteiger charge is -2.56. The Kier molecular flexibility index (Phi) is 7.54. The molecule has 1 amide bonds. The predicted molar refractivity (Wildman–Crippen MR) is 132 cm³/mol. The lowest BCUT2D eigenvalue weighted by Crippen LogP contribution is -2.79. The van der Waals surface area contributed by atoms with Crippen molar-refractivity contribution < 1.29 is 23.9 Å². The van der Waals surface area contributed by atoms with Crippen molar-refractivity contribution in [3.05, 3.63) is 46.7 Å². The van der Waals surface area contributed by atoms with Crippen molar-refractivity contribution in [2.75, 3.05) is 31.1 Å². The molecule has 0 unspecified atom stereocenters. The van der Waals surface area contributed by atoms with Crippen LogP contribution in [-0.2, 0) is 17.8 Å². The molecular formula is C26H35ClN4O4. The van der Waals surface area contributed by atoms with Crippen LogP contribution in [0.15, 0.2) is 30.6 Å². The van der Waals surface area contributed by atoms with Gasteiger partial charge in [-0.25, -0.2) is 9.97 Å². The third-order valence-corrected chi connectivity index (χ3v) is 7.56. The number of carbonyl (C=O) groups excluding carboxylic acids is 1. The number of benzene rings is 1. The second kappa shape index (κ2) is 10.3. The number of nitrogens with zero attached hydrogens (tertiary/aromatic N) is 4. The van der Waals surface area contributed by atoms with Crippen LogP contribution in [-0.4, -0.2) is 64.5 Å². The maximum Gasteiger partial charge on any atom is 0.257 e. The maximum absolute atomic E-state index is 11.7. The van der Waals surface area contributed by atoms with Crippen LogP contribution in [0.2, 0.25) is 5.02 Å². The van der Waals surface area contributed by atoms with E-state index in [0.717, 1.165) is 49.4 Å². The van der Waals surface area contributed by atoms with Crippen molar-refractivity contribution in [3.8, 4) is 5.75 Å². The fourth-order valence-electron chi connectivity index (χ4n) is 4.71. The Balaban J connectivity index is 1.25. The molecule has 0 aliphatic carbocycles. The fourth-order valence-corrected chi connectivity index (χ4v) is 4.96. The molecular weight excluding hydrogens is 468 g/mol. The number of anilines is 1. The summed E-state index contributed by atoms with van der Waals surface area (Å²) in [6.45, 7) is 10.7. The van der Waals surface area contributed by atoms with Gasteiger partial charge in [0.15, 0.2) is 6.10 Å². The molecule has 35 heavy (non-hydrogen) atoms. The van der Waals surface area contributed by atoms with Crippen LogP contribution in [0.25, 0.3) is 0 Å². The van der Waals surface area contributed by atoms with Gasteiger partial charge in [0, 0.05) is 38.3 Å². The number of quaternary nitrogens is 1. The minimum Gasteiger partial charge on any atom is -0.498 e. The lowest BCUT2D eigenvalue weighted by atomic mass is 9.93. The van der Waals surface area contributed by atoms with Crippen molar-refractivity contribution in [2.45, 2.75) is 71.3 Å². The Morgan fingerprint density at radius 3 is 2.34 bits per heavy atom. The highest BCUT2D eigenvalue weighted by Crippen LogP contribution is 2.35. The third kappa shape index (κ3) is 5.55. The van der Waals surface area contributed by atoms with Crippen LogP contribution >= 0.6 is 11.6 Å². The van der Waals surface area contributed by atoms with Gasteiger partial charge in [-0.3, -0.25) is 4.48 Å². The zero-order valence-corrected chi connectivity index (χ0v) is 21.8. The quantitative estimate of drug-likeness (QED) is 0.534. The van der Waals surface area contributed by atoms with E-state index >= 15 is 0 Å². The highest BCUT2D eigenvalue weighted by molar-refractivity contribution is 6.32. The van der Waals surface area contributed by atoms with Gasteiger partial charge < -0.3 is 24.3 Å². The molecule has 4 rings (SSSR count). The number of hydrogen-bond donors (Lipinski definition) is 0. The number of aryl methyl sites for hydroxylation is 1. The first-order valence-corrected chi connectivity index (χ1v) is 12.7. The Hall–Kier alpha value is -2.42. The molecule has 0 N–H and O–H groups in total. The first-order valence-electron chi connectivity index (χ1n) is 12.3. The van der Waals surface area contributed by atoms with Gasteiger partial charge >= 0.3 is 0 Å². The topological polar surface area (TPSA) is 87.6 Å². The number of piperidine rings is 1. The maximum atomic E-state index is 11.7. The number of hydrogen-bond acceptors (Lipinski definition) is 7. The third-order valence-electron chi connectivity index (χ3n) is 7.26. The number of amides is 1. The SMILES string of the molecule is CCc1cnc(N2CCC(Oc3ccc(COC4C[N+](C(=O)[O-])(C(C)(C)C)C4)cc3Cl)CC2)nc1. The van der Waals surface area contributed by atoms with E-state index in [0.29, 0.717) is 30.5 Å². The normalized spacial score (nSPS) is 23.1. The lowest BCUT2D eigenvalue weighted by molar-refractivity contribution is -0.962. The van der Waals surface area contributed by atoms with Crippen molar-refractivity contribution in [2.24, 2.45) is 0 Å². The van der Waals surface area contributed by atoms with Gasteiger partial charge in [0.05, 0.1) is 17.2 Å². The van der Waals surface area contributed by atoms with E-state index in [1.165, 1.54) is 0 Å². The zero-order chi connectivity index (χ0) is 25.2. The summed E-state index contributed by atoms with van der Waals surface area (Å²) < 4.78 is 12.1. The molecule has 2 saturated heterocycles. The second-order valence-electron chi connectivity index (χ2n) is 10.5. The first-order chi connectivity index (χ1) is 16.6. The van der Waals surface area contributed by atoms with Crippen LogP contribution < -0.4 is 14.7 Å².